The van der Waals surface area contributed by atoms with E-state index >= 15 is 0 Å². The summed E-state index contributed by atoms with van der Waals surface area (Å²) in [5.41, 5.74) is -2.80. The molecular weight excluding hydrogens is 660 g/mol. The molecule has 3 aromatic carbocycles. The zero-order valence-electron chi connectivity index (χ0n) is 23.8. The summed E-state index contributed by atoms with van der Waals surface area (Å²) in [7, 11) is 3.15. The van der Waals surface area contributed by atoms with Crippen molar-refractivity contribution in [3.8, 4) is 16.9 Å². The van der Waals surface area contributed by atoms with Crippen LogP contribution >= 0.6 is 24.0 Å². The molecule has 16 heteroatoms. The van der Waals surface area contributed by atoms with Crippen LogP contribution in [0.25, 0.3) is 17.2 Å². The number of halogens is 6. The topological polar surface area (TPSA) is 110 Å². The van der Waals surface area contributed by atoms with E-state index in [4.69, 9.17) is 17.3 Å². The lowest BCUT2D eigenvalue weighted by atomic mass is 9.95. The standard InChI is InChI=1S/C30H23F6N3O5S2/c1-38(2)22-6-3-15(9-21(22)16-11-17(29(31,32)33)13-18(12-16)30(34,35)36)10-24-26(42)39(28(45)46-24)8-7-25(41)37-19-4-5-20(27(43)44)23(40)14-19/h3-6,9-14,40H,7-8H2,1-2H3,(H,37,41)(H,43,44)/b24-10-. The van der Waals surface area contributed by atoms with Crippen molar-refractivity contribution in [3.05, 3.63) is 81.8 Å². The number of aromatic carboxylic acids is 1. The highest BCUT2D eigenvalue weighted by Gasteiger charge is 2.37. The van der Waals surface area contributed by atoms with Crippen LogP contribution in [0.2, 0.25) is 0 Å². The highest BCUT2D eigenvalue weighted by Crippen LogP contribution is 2.41. The Bertz CT molecular complexity index is 1740. The molecular formula is C30H23F6N3O5S2. The van der Waals surface area contributed by atoms with Crippen molar-refractivity contribution in [1.82, 2.24) is 4.90 Å². The summed E-state index contributed by atoms with van der Waals surface area (Å²) in [6.45, 7) is -0.137. The molecule has 1 aliphatic rings. The Morgan fingerprint density at radius 1 is 0.978 bits per heavy atom. The number of nitrogens with zero attached hydrogens (tertiary/aromatic N) is 2. The molecule has 0 saturated carbocycles. The van der Waals surface area contributed by atoms with E-state index in [1.165, 1.54) is 29.2 Å². The Morgan fingerprint density at radius 3 is 2.15 bits per heavy atom. The largest absolute Gasteiger partial charge is 0.507 e. The normalized spacial score (nSPS) is 14.6. The number of thioether (sulfide) groups is 1. The Hall–Kier alpha value is -4.57. The van der Waals surface area contributed by atoms with Crippen LogP contribution in [0.4, 0.5) is 37.7 Å². The van der Waals surface area contributed by atoms with Crippen molar-refractivity contribution < 1.29 is 50.9 Å². The summed E-state index contributed by atoms with van der Waals surface area (Å²) in [5, 5.41) is 21.3. The van der Waals surface area contributed by atoms with E-state index in [1.54, 1.807) is 20.2 Å². The number of carboxylic acid groups (broad SMARTS) is 1. The van der Waals surface area contributed by atoms with E-state index in [0.29, 0.717) is 23.4 Å². The highest BCUT2D eigenvalue weighted by atomic mass is 32.2. The predicted octanol–water partition coefficient (Wildman–Crippen LogP) is 7.09. The predicted molar refractivity (Wildman–Crippen MR) is 164 cm³/mol. The van der Waals surface area contributed by atoms with Crippen molar-refractivity contribution in [2.24, 2.45) is 0 Å². The zero-order valence-corrected chi connectivity index (χ0v) is 25.4. The molecule has 0 radical (unpaired) electrons. The molecule has 2 amide bonds. The third-order valence-corrected chi connectivity index (χ3v) is 8.02. The molecule has 4 rings (SSSR count). The number of hydrogen-bond donors (Lipinski definition) is 3. The van der Waals surface area contributed by atoms with Gasteiger partial charge in [0.1, 0.15) is 15.6 Å². The van der Waals surface area contributed by atoms with Crippen molar-refractivity contribution >= 4 is 63.5 Å². The number of hydrogen-bond acceptors (Lipinski definition) is 7. The van der Waals surface area contributed by atoms with Crippen molar-refractivity contribution in [2.75, 3.05) is 30.9 Å². The Morgan fingerprint density at radius 2 is 1.61 bits per heavy atom. The second-order valence-electron chi connectivity index (χ2n) is 10.1. The van der Waals surface area contributed by atoms with Gasteiger partial charge in [0.15, 0.2) is 0 Å². The summed E-state index contributed by atoms with van der Waals surface area (Å²) in [5.74, 6) is -3.04. The number of anilines is 2. The van der Waals surface area contributed by atoms with Crippen LogP contribution in [0.3, 0.4) is 0 Å². The van der Waals surface area contributed by atoms with E-state index in [9.17, 15) is 45.8 Å². The number of carboxylic acids is 1. The number of benzene rings is 3. The van der Waals surface area contributed by atoms with E-state index in [2.05, 4.69) is 5.32 Å². The Kier molecular flexibility index (Phi) is 9.72. The number of nitrogens with one attached hydrogen (secondary N) is 1. The fourth-order valence-corrected chi connectivity index (χ4v) is 5.75. The van der Waals surface area contributed by atoms with Gasteiger partial charge < -0.3 is 20.4 Å². The molecule has 1 fully saturated rings. The van der Waals surface area contributed by atoms with Gasteiger partial charge in [0.05, 0.1) is 16.0 Å². The van der Waals surface area contributed by atoms with Crippen LogP contribution in [-0.4, -0.2) is 57.9 Å². The fourth-order valence-electron chi connectivity index (χ4n) is 4.45. The summed E-state index contributed by atoms with van der Waals surface area (Å²) in [4.78, 5) is 39.5. The molecule has 0 aliphatic carbocycles. The fraction of sp³-hybridized carbons (Fsp3) is 0.200. The number of amides is 2. The van der Waals surface area contributed by atoms with E-state index in [0.717, 1.165) is 28.8 Å². The highest BCUT2D eigenvalue weighted by molar-refractivity contribution is 8.26. The Labute approximate surface area is 267 Å². The molecule has 242 valence electrons. The minimum atomic E-state index is -5.04. The van der Waals surface area contributed by atoms with Crippen LogP contribution in [0.5, 0.6) is 5.75 Å². The van der Waals surface area contributed by atoms with Gasteiger partial charge in [-0.1, -0.05) is 30.0 Å². The summed E-state index contributed by atoms with van der Waals surface area (Å²) < 4.78 is 81.5. The quantitative estimate of drug-likeness (QED) is 0.131. The molecule has 0 atom stereocenters. The lowest BCUT2D eigenvalue weighted by Gasteiger charge is -2.20. The van der Waals surface area contributed by atoms with Crippen LogP contribution in [0.15, 0.2) is 59.5 Å². The minimum absolute atomic E-state index is 0.0488. The van der Waals surface area contributed by atoms with Crippen LogP contribution in [0.1, 0.15) is 33.5 Å². The van der Waals surface area contributed by atoms with Gasteiger partial charge in [-0.05, 0) is 59.7 Å². The summed E-state index contributed by atoms with van der Waals surface area (Å²) in [6, 6.07) is 9.18. The molecule has 3 aromatic rings. The summed E-state index contributed by atoms with van der Waals surface area (Å²) >= 11 is 6.19. The van der Waals surface area contributed by atoms with E-state index < -0.39 is 47.0 Å². The van der Waals surface area contributed by atoms with Crippen LogP contribution in [-0.2, 0) is 21.9 Å². The second-order valence-corrected chi connectivity index (χ2v) is 11.8. The maximum atomic E-state index is 13.6. The van der Waals surface area contributed by atoms with Gasteiger partial charge >= 0.3 is 18.3 Å². The number of aromatic hydroxyl groups is 1. The minimum Gasteiger partial charge on any atom is -0.507 e. The number of rotatable bonds is 8. The van der Waals surface area contributed by atoms with Gasteiger partial charge in [0.2, 0.25) is 5.91 Å². The molecule has 0 unspecified atom stereocenters. The molecule has 3 N–H and O–H groups in total. The van der Waals surface area contributed by atoms with Gasteiger partial charge in [-0.15, -0.1) is 0 Å². The zero-order chi connectivity index (χ0) is 34.1. The number of thiocarbonyl (C=S) groups is 1. The molecule has 1 aliphatic heterocycles. The first kappa shape index (κ1) is 34.3. The SMILES string of the molecule is CN(C)c1ccc(/C=C2\SC(=S)N(CCC(=O)Nc3ccc(C(=O)O)c(O)c3)C2=O)cc1-c1cc(C(F)(F)F)cc(C(F)(F)F)c1. The maximum Gasteiger partial charge on any atom is 0.416 e. The Balaban J connectivity index is 1.57. The number of carbonyl (C=O) groups excluding carboxylic acids is 2. The van der Waals surface area contributed by atoms with E-state index in [1.807, 2.05) is 0 Å². The third kappa shape index (κ3) is 7.80. The average molecular weight is 684 g/mol. The van der Waals surface area contributed by atoms with Crippen molar-refractivity contribution in [1.29, 1.82) is 0 Å². The lowest BCUT2D eigenvalue weighted by Crippen LogP contribution is -2.31. The molecule has 1 heterocycles. The van der Waals surface area contributed by atoms with E-state index in [-0.39, 0.29) is 50.6 Å². The van der Waals surface area contributed by atoms with Gasteiger partial charge in [-0.3, -0.25) is 14.5 Å². The molecule has 0 aromatic heterocycles. The van der Waals surface area contributed by atoms with Gasteiger partial charge in [-0.25, -0.2) is 4.79 Å². The number of alkyl halides is 6. The smallest absolute Gasteiger partial charge is 0.416 e. The average Bonchev–Trinajstić information content (AvgIpc) is 3.21. The van der Waals surface area contributed by atoms with Crippen molar-refractivity contribution in [2.45, 2.75) is 18.8 Å². The molecule has 8 nitrogen and oxygen atoms in total. The molecule has 1 saturated heterocycles. The van der Waals surface area contributed by atoms with Crippen LogP contribution in [0, 0.1) is 0 Å². The summed E-state index contributed by atoms with van der Waals surface area (Å²) in [6.07, 6.45) is -8.90. The molecule has 0 bridgehead atoms. The second kappa shape index (κ2) is 13.0. The maximum absolute atomic E-state index is 13.6. The molecule has 46 heavy (non-hydrogen) atoms. The monoisotopic (exact) mass is 683 g/mol. The van der Waals surface area contributed by atoms with Gasteiger partial charge in [0.25, 0.3) is 5.91 Å². The molecule has 0 spiro atoms. The first-order valence-corrected chi connectivity index (χ1v) is 14.3. The van der Waals surface area contributed by atoms with Crippen LogP contribution < -0.4 is 10.2 Å². The van der Waals surface area contributed by atoms with Crippen molar-refractivity contribution in [3.63, 3.8) is 0 Å². The third-order valence-electron chi connectivity index (χ3n) is 6.65. The lowest BCUT2D eigenvalue weighted by molar-refractivity contribution is -0.143. The number of phenols is 1. The first-order chi connectivity index (χ1) is 21.3. The van der Waals surface area contributed by atoms with Gasteiger partial charge in [-0.2, -0.15) is 26.3 Å². The first-order valence-electron chi connectivity index (χ1n) is 13.1. The number of carbonyl (C=O) groups is 3. The van der Waals surface area contributed by atoms with Gasteiger partial charge in [0, 0.05) is 50.1 Å².